The van der Waals surface area contributed by atoms with Gasteiger partial charge in [-0.2, -0.15) is 0 Å². The van der Waals surface area contributed by atoms with Gasteiger partial charge in [0.05, 0.1) is 6.42 Å². The van der Waals surface area contributed by atoms with Gasteiger partial charge in [0, 0.05) is 20.0 Å². The number of ether oxygens (including phenoxy) is 1. The first-order valence-corrected chi connectivity index (χ1v) is 11.3. The summed E-state index contributed by atoms with van der Waals surface area (Å²) in [6.45, 7) is 3.51. The lowest BCUT2D eigenvalue weighted by molar-refractivity contribution is -0.155. The van der Waals surface area contributed by atoms with Gasteiger partial charge in [0.2, 0.25) is 5.91 Å². The number of fused-ring (bicyclic) bond motifs is 3. The van der Waals surface area contributed by atoms with E-state index in [2.05, 4.69) is 0 Å². The average Bonchev–Trinajstić information content (AvgIpc) is 3.13. The summed E-state index contributed by atoms with van der Waals surface area (Å²) in [6, 6.07) is 13.3. The minimum atomic E-state index is -1.56. The molecule has 0 saturated carbocycles. The summed E-state index contributed by atoms with van der Waals surface area (Å²) >= 11 is 0. The summed E-state index contributed by atoms with van der Waals surface area (Å²) in [5, 5.41) is 18.4. The van der Waals surface area contributed by atoms with Gasteiger partial charge in [-0.05, 0) is 28.2 Å². The highest BCUT2D eigenvalue weighted by Gasteiger charge is 2.38. The van der Waals surface area contributed by atoms with Crippen LogP contribution >= 0.6 is 0 Å². The van der Waals surface area contributed by atoms with Crippen LogP contribution in [0.4, 0.5) is 4.79 Å². The number of carbonyl (C=O) groups excluding carboxylic acids is 2. The molecule has 0 spiro atoms. The van der Waals surface area contributed by atoms with Gasteiger partial charge in [-0.3, -0.25) is 14.5 Å². The first-order valence-electron chi connectivity index (χ1n) is 11.3. The van der Waals surface area contributed by atoms with Crippen LogP contribution in [0.15, 0.2) is 48.5 Å². The molecule has 0 fully saturated rings. The molecule has 186 valence electrons. The van der Waals surface area contributed by atoms with Gasteiger partial charge in [-0.1, -0.05) is 62.4 Å². The second kappa shape index (κ2) is 10.6. The number of likely N-dealkylation sites (N-methyl/N-ethyl adjacent to an activating group) is 2. The smallest absolute Gasteiger partial charge is 0.410 e. The molecule has 1 aliphatic rings. The van der Waals surface area contributed by atoms with Gasteiger partial charge < -0.3 is 19.8 Å². The molecule has 0 aromatic heterocycles. The topological polar surface area (TPSA) is 124 Å². The summed E-state index contributed by atoms with van der Waals surface area (Å²) < 4.78 is 5.64. The Kier molecular flexibility index (Phi) is 7.78. The van der Waals surface area contributed by atoms with Gasteiger partial charge >= 0.3 is 18.0 Å². The molecule has 0 heterocycles. The predicted octanol–water partition coefficient (Wildman–Crippen LogP) is 3.28. The maximum atomic E-state index is 13.2. The minimum Gasteiger partial charge on any atom is -0.481 e. The van der Waals surface area contributed by atoms with E-state index in [1.165, 1.54) is 14.1 Å². The Balaban J connectivity index is 1.76. The fraction of sp³-hybridized carbons (Fsp3) is 0.385. The van der Waals surface area contributed by atoms with Gasteiger partial charge in [-0.25, -0.2) is 9.59 Å². The predicted molar refractivity (Wildman–Crippen MR) is 128 cm³/mol. The van der Waals surface area contributed by atoms with Crippen LogP contribution in [0.5, 0.6) is 0 Å². The van der Waals surface area contributed by atoms with E-state index < -0.39 is 42.4 Å². The molecule has 0 bridgehead atoms. The molecule has 2 N–H and O–H groups in total. The Labute approximate surface area is 203 Å². The molecule has 9 nitrogen and oxygen atoms in total. The maximum absolute atomic E-state index is 13.2. The number of amides is 2. The van der Waals surface area contributed by atoms with Crippen LogP contribution in [-0.2, 0) is 19.1 Å². The van der Waals surface area contributed by atoms with E-state index in [4.69, 9.17) is 9.84 Å². The third-order valence-corrected chi connectivity index (χ3v) is 6.39. The van der Waals surface area contributed by atoms with Crippen LogP contribution in [0.2, 0.25) is 0 Å². The summed E-state index contributed by atoms with van der Waals surface area (Å²) in [5.74, 6) is -3.99. The highest BCUT2D eigenvalue weighted by atomic mass is 16.6. The van der Waals surface area contributed by atoms with Crippen LogP contribution in [0.25, 0.3) is 11.1 Å². The summed E-state index contributed by atoms with van der Waals surface area (Å²) in [6.07, 6.45) is -1.48. The van der Waals surface area contributed by atoms with Crippen LogP contribution in [0, 0.1) is 5.92 Å². The number of hydrogen-bond donors (Lipinski definition) is 2. The second-order valence-corrected chi connectivity index (χ2v) is 9.00. The third kappa shape index (κ3) is 5.29. The number of nitrogens with zero attached hydrogens (tertiary/aromatic N) is 2. The van der Waals surface area contributed by atoms with Crippen molar-refractivity contribution in [3.05, 3.63) is 59.7 Å². The molecule has 0 aliphatic heterocycles. The summed E-state index contributed by atoms with van der Waals surface area (Å²) in [7, 11) is 2.65. The summed E-state index contributed by atoms with van der Waals surface area (Å²) in [5.41, 5.74) is 4.29. The largest absolute Gasteiger partial charge is 0.481 e. The van der Waals surface area contributed by atoms with E-state index >= 15 is 0 Å². The minimum absolute atomic E-state index is 0.0722. The maximum Gasteiger partial charge on any atom is 0.410 e. The molecule has 0 radical (unpaired) electrons. The Morgan fingerprint density at radius 1 is 0.886 bits per heavy atom. The van der Waals surface area contributed by atoms with Crippen LogP contribution in [-0.4, -0.2) is 76.7 Å². The van der Waals surface area contributed by atoms with E-state index in [9.17, 15) is 24.3 Å². The lowest BCUT2D eigenvalue weighted by Gasteiger charge is -2.34. The van der Waals surface area contributed by atoms with Crippen molar-refractivity contribution in [3.63, 3.8) is 0 Å². The van der Waals surface area contributed by atoms with Crippen molar-refractivity contribution >= 4 is 23.9 Å². The standard InChI is InChI=1S/C26H30N2O7/c1-15(2)23(24(31)27(3)21(25(32)33)13-22(29)30)28(4)26(34)35-14-20-18-11-7-5-9-16(18)17-10-6-8-12-19(17)20/h5-12,15,20-21,23H,13-14H2,1-4H3,(H,29,30)(H,32,33)/t21-,23-/m0/s1. The zero-order valence-electron chi connectivity index (χ0n) is 20.2. The number of carboxylic acid groups (broad SMARTS) is 2. The van der Waals surface area contributed by atoms with Crippen molar-refractivity contribution in [2.24, 2.45) is 5.92 Å². The Bertz CT molecular complexity index is 1080. The van der Waals surface area contributed by atoms with E-state index in [0.29, 0.717) is 0 Å². The molecule has 2 amide bonds. The normalized spacial score (nSPS) is 14.0. The number of hydrogen-bond acceptors (Lipinski definition) is 5. The number of benzene rings is 2. The molecule has 3 rings (SSSR count). The van der Waals surface area contributed by atoms with Gasteiger partial charge in [0.15, 0.2) is 0 Å². The Morgan fingerprint density at radius 3 is 1.86 bits per heavy atom. The Hall–Kier alpha value is -3.88. The van der Waals surface area contributed by atoms with Crippen molar-refractivity contribution in [2.75, 3.05) is 20.7 Å². The number of carboxylic acids is 2. The molecular formula is C26H30N2O7. The number of rotatable bonds is 9. The van der Waals surface area contributed by atoms with Crippen molar-refractivity contribution < 1.29 is 34.1 Å². The van der Waals surface area contributed by atoms with Crippen LogP contribution in [0.3, 0.4) is 0 Å². The SMILES string of the molecule is CC(C)[C@@H](C(=O)N(C)[C@@H](CC(=O)O)C(=O)O)N(C)C(=O)OCC1c2ccccc2-c2ccccc21. The zero-order chi connectivity index (χ0) is 25.9. The zero-order valence-corrected chi connectivity index (χ0v) is 20.2. The first kappa shape index (κ1) is 25.7. The molecule has 2 aromatic rings. The van der Waals surface area contributed by atoms with E-state index in [-0.39, 0.29) is 18.4 Å². The third-order valence-electron chi connectivity index (χ3n) is 6.39. The van der Waals surface area contributed by atoms with E-state index in [0.717, 1.165) is 32.1 Å². The van der Waals surface area contributed by atoms with Gasteiger partial charge in [-0.15, -0.1) is 0 Å². The van der Waals surface area contributed by atoms with E-state index in [1.807, 2.05) is 48.5 Å². The molecule has 2 aromatic carbocycles. The van der Waals surface area contributed by atoms with Crippen LogP contribution in [0.1, 0.15) is 37.3 Å². The molecular weight excluding hydrogens is 452 g/mol. The van der Waals surface area contributed by atoms with Crippen molar-refractivity contribution in [3.8, 4) is 11.1 Å². The summed E-state index contributed by atoms with van der Waals surface area (Å²) in [4.78, 5) is 50.8. The molecule has 35 heavy (non-hydrogen) atoms. The van der Waals surface area contributed by atoms with Crippen molar-refractivity contribution in [1.82, 2.24) is 9.80 Å². The highest BCUT2D eigenvalue weighted by molar-refractivity contribution is 5.91. The number of aliphatic carboxylic acids is 2. The van der Waals surface area contributed by atoms with Crippen molar-refractivity contribution in [2.45, 2.75) is 38.3 Å². The fourth-order valence-corrected chi connectivity index (χ4v) is 4.62. The molecule has 0 saturated heterocycles. The van der Waals surface area contributed by atoms with Crippen LogP contribution < -0.4 is 0 Å². The van der Waals surface area contributed by atoms with Crippen molar-refractivity contribution in [1.29, 1.82) is 0 Å². The van der Waals surface area contributed by atoms with E-state index in [1.54, 1.807) is 13.8 Å². The molecule has 0 unspecified atom stereocenters. The van der Waals surface area contributed by atoms with Gasteiger partial charge in [0.1, 0.15) is 18.7 Å². The molecule has 2 atom stereocenters. The highest BCUT2D eigenvalue weighted by Crippen LogP contribution is 2.44. The Morgan fingerprint density at radius 2 is 1.40 bits per heavy atom. The monoisotopic (exact) mass is 482 g/mol. The average molecular weight is 483 g/mol. The quantitative estimate of drug-likeness (QED) is 0.562. The fourth-order valence-electron chi connectivity index (χ4n) is 4.62. The molecule has 1 aliphatic carbocycles. The lowest BCUT2D eigenvalue weighted by Crippen LogP contribution is -2.55. The number of carbonyl (C=O) groups is 4. The first-order chi connectivity index (χ1) is 16.5. The van der Waals surface area contributed by atoms with Gasteiger partial charge in [0.25, 0.3) is 0 Å². The molecule has 9 heteroatoms. The lowest BCUT2D eigenvalue weighted by atomic mass is 9.98. The second-order valence-electron chi connectivity index (χ2n) is 9.00.